The normalized spacial score (nSPS) is 13.8. The molecule has 118 valence electrons. The van der Waals surface area contributed by atoms with E-state index >= 15 is 0 Å². The van der Waals surface area contributed by atoms with Crippen molar-refractivity contribution in [3.63, 3.8) is 0 Å². The molecule has 1 aromatic carbocycles. The van der Waals surface area contributed by atoms with Gasteiger partial charge in [-0.25, -0.2) is 14.8 Å². The molecule has 1 aromatic heterocycles. The zero-order chi connectivity index (χ0) is 16.2. The molecule has 1 amide bonds. The highest BCUT2D eigenvalue weighted by Crippen LogP contribution is 2.25. The summed E-state index contributed by atoms with van der Waals surface area (Å²) in [6.45, 7) is 1.82. The first-order chi connectivity index (χ1) is 11.1. The Labute approximate surface area is 133 Å². The number of amides is 1. The van der Waals surface area contributed by atoms with Gasteiger partial charge >= 0.3 is 5.97 Å². The predicted octanol–water partition coefficient (Wildman–Crippen LogP) is 2.03. The molecule has 0 saturated carbocycles. The van der Waals surface area contributed by atoms with Gasteiger partial charge in [-0.15, -0.1) is 0 Å². The van der Waals surface area contributed by atoms with Crippen LogP contribution in [0.5, 0.6) is 0 Å². The quantitative estimate of drug-likeness (QED) is 0.897. The van der Waals surface area contributed by atoms with Crippen molar-refractivity contribution in [1.29, 1.82) is 0 Å². The van der Waals surface area contributed by atoms with E-state index in [0.717, 1.165) is 25.9 Å². The van der Waals surface area contributed by atoms with Gasteiger partial charge < -0.3 is 15.3 Å². The van der Waals surface area contributed by atoms with Crippen LogP contribution in [0.1, 0.15) is 33.6 Å². The fourth-order valence-electron chi connectivity index (χ4n) is 2.55. The lowest BCUT2D eigenvalue weighted by molar-refractivity contribution is 0.0696. The molecule has 1 saturated heterocycles. The molecule has 0 bridgehead atoms. The third kappa shape index (κ3) is 3.28. The SMILES string of the molecule is O=C(O)c1ccc(C(=O)Nc2cncnc2N2CCCC2)cc1. The van der Waals surface area contributed by atoms with E-state index in [1.54, 1.807) is 6.20 Å². The second kappa shape index (κ2) is 6.43. The second-order valence-electron chi connectivity index (χ2n) is 5.29. The van der Waals surface area contributed by atoms with Gasteiger partial charge in [-0.1, -0.05) is 0 Å². The van der Waals surface area contributed by atoms with Crippen LogP contribution in [-0.2, 0) is 0 Å². The number of carbonyl (C=O) groups is 2. The van der Waals surface area contributed by atoms with E-state index in [4.69, 9.17) is 5.11 Å². The maximum atomic E-state index is 12.3. The standard InChI is InChI=1S/C16H16N4O3/c21-15(11-3-5-12(6-4-11)16(22)23)19-13-9-17-10-18-14(13)20-7-1-2-8-20/h3-6,9-10H,1-2,7-8H2,(H,19,21)(H,22,23). The summed E-state index contributed by atoms with van der Waals surface area (Å²) >= 11 is 0. The number of carbonyl (C=O) groups excluding carboxylic acids is 1. The molecule has 7 heteroatoms. The molecule has 2 N–H and O–H groups in total. The van der Waals surface area contributed by atoms with E-state index in [1.807, 2.05) is 0 Å². The lowest BCUT2D eigenvalue weighted by Crippen LogP contribution is -2.22. The topological polar surface area (TPSA) is 95.4 Å². The van der Waals surface area contributed by atoms with E-state index in [9.17, 15) is 9.59 Å². The minimum atomic E-state index is -1.02. The number of aromatic carboxylic acids is 1. The van der Waals surface area contributed by atoms with Gasteiger partial charge in [0.1, 0.15) is 12.0 Å². The van der Waals surface area contributed by atoms with Crippen LogP contribution in [0.25, 0.3) is 0 Å². The fourth-order valence-corrected chi connectivity index (χ4v) is 2.55. The smallest absolute Gasteiger partial charge is 0.335 e. The summed E-state index contributed by atoms with van der Waals surface area (Å²) in [7, 11) is 0. The molecular formula is C16H16N4O3. The van der Waals surface area contributed by atoms with Gasteiger partial charge in [-0.3, -0.25) is 4.79 Å². The van der Waals surface area contributed by atoms with Crippen LogP contribution in [0.2, 0.25) is 0 Å². The Morgan fingerprint density at radius 2 is 1.74 bits per heavy atom. The van der Waals surface area contributed by atoms with E-state index in [2.05, 4.69) is 20.2 Å². The minimum Gasteiger partial charge on any atom is -0.478 e. The van der Waals surface area contributed by atoms with Crippen molar-refractivity contribution in [2.45, 2.75) is 12.8 Å². The molecule has 23 heavy (non-hydrogen) atoms. The molecule has 0 radical (unpaired) electrons. The first-order valence-electron chi connectivity index (χ1n) is 7.35. The van der Waals surface area contributed by atoms with Crippen molar-refractivity contribution in [2.75, 3.05) is 23.3 Å². The Hall–Kier alpha value is -2.96. The maximum Gasteiger partial charge on any atom is 0.335 e. The molecular weight excluding hydrogens is 296 g/mol. The van der Waals surface area contributed by atoms with Gasteiger partial charge in [0.05, 0.1) is 11.8 Å². The van der Waals surface area contributed by atoms with Crippen LogP contribution in [0.3, 0.4) is 0 Å². The molecule has 0 spiro atoms. The lowest BCUT2D eigenvalue weighted by Gasteiger charge is -2.19. The molecule has 2 aromatic rings. The van der Waals surface area contributed by atoms with Crippen molar-refractivity contribution in [3.05, 3.63) is 47.9 Å². The van der Waals surface area contributed by atoms with E-state index in [1.165, 1.54) is 30.6 Å². The summed E-state index contributed by atoms with van der Waals surface area (Å²) in [5.74, 6) is -0.630. The number of nitrogens with one attached hydrogen (secondary N) is 1. The number of carboxylic acids is 1. The monoisotopic (exact) mass is 312 g/mol. The molecule has 3 rings (SSSR count). The second-order valence-corrected chi connectivity index (χ2v) is 5.29. The Kier molecular flexibility index (Phi) is 4.18. The summed E-state index contributed by atoms with van der Waals surface area (Å²) in [6.07, 6.45) is 5.25. The summed E-state index contributed by atoms with van der Waals surface area (Å²) < 4.78 is 0. The number of nitrogens with zero attached hydrogens (tertiary/aromatic N) is 3. The maximum absolute atomic E-state index is 12.3. The number of carboxylic acid groups (broad SMARTS) is 1. The highest BCUT2D eigenvalue weighted by atomic mass is 16.4. The number of rotatable bonds is 4. The van der Waals surface area contributed by atoms with E-state index < -0.39 is 5.97 Å². The summed E-state index contributed by atoms with van der Waals surface area (Å²) in [6, 6.07) is 5.77. The van der Waals surface area contributed by atoms with Gasteiger partial charge in [-0.2, -0.15) is 0 Å². The molecule has 1 aliphatic rings. The summed E-state index contributed by atoms with van der Waals surface area (Å²) in [5, 5.41) is 11.7. The number of hydrogen-bond acceptors (Lipinski definition) is 5. The van der Waals surface area contributed by atoms with Crippen molar-refractivity contribution >= 4 is 23.4 Å². The van der Waals surface area contributed by atoms with Crippen LogP contribution in [0.4, 0.5) is 11.5 Å². The van der Waals surface area contributed by atoms with Crippen LogP contribution in [-0.4, -0.2) is 40.0 Å². The van der Waals surface area contributed by atoms with Crippen molar-refractivity contribution in [1.82, 2.24) is 9.97 Å². The zero-order valence-electron chi connectivity index (χ0n) is 12.4. The van der Waals surface area contributed by atoms with Crippen LogP contribution >= 0.6 is 0 Å². The average Bonchev–Trinajstić information content (AvgIpc) is 3.09. The number of hydrogen-bond donors (Lipinski definition) is 2. The summed E-state index contributed by atoms with van der Waals surface area (Å²) in [4.78, 5) is 33.5. The molecule has 0 atom stereocenters. The molecule has 1 aliphatic heterocycles. The third-order valence-corrected chi connectivity index (χ3v) is 3.74. The van der Waals surface area contributed by atoms with E-state index in [-0.39, 0.29) is 11.5 Å². The highest BCUT2D eigenvalue weighted by molar-refractivity contribution is 6.06. The summed E-state index contributed by atoms with van der Waals surface area (Å²) in [5.41, 5.74) is 1.08. The van der Waals surface area contributed by atoms with E-state index in [0.29, 0.717) is 17.1 Å². The third-order valence-electron chi connectivity index (χ3n) is 3.74. The Bertz CT molecular complexity index is 724. The van der Waals surface area contributed by atoms with Crippen LogP contribution in [0.15, 0.2) is 36.8 Å². The Balaban J connectivity index is 1.78. The minimum absolute atomic E-state index is 0.141. The molecule has 0 unspecified atom stereocenters. The lowest BCUT2D eigenvalue weighted by atomic mass is 10.1. The van der Waals surface area contributed by atoms with Gasteiger partial charge in [-0.05, 0) is 37.1 Å². The molecule has 1 fully saturated rings. The molecule has 2 heterocycles. The molecule has 0 aliphatic carbocycles. The first kappa shape index (κ1) is 15.0. The zero-order valence-corrected chi connectivity index (χ0v) is 12.4. The Morgan fingerprint density at radius 3 is 2.39 bits per heavy atom. The van der Waals surface area contributed by atoms with Gasteiger partial charge in [0.2, 0.25) is 0 Å². The number of anilines is 2. The highest BCUT2D eigenvalue weighted by Gasteiger charge is 2.19. The average molecular weight is 312 g/mol. The largest absolute Gasteiger partial charge is 0.478 e. The van der Waals surface area contributed by atoms with Crippen LogP contribution < -0.4 is 10.2 Å². The van der Waals surface area contributed by atoms with Crippen molar-refractivity contribution in [2.24, 2.45) is 0 Å². The number of benzene rings is 1. The predicted molar refractivity (Wildman–Crippen MR) is 84.8 cm³/mol. The molecule has 7 nitrogen and oxygen atoms in total. The van der Waals surface area contributed by atoms with Gasteiger partial charge in [0.15, 0.2) is 5.82 Å². The van der Waals surface area contributed by atoms with Crippen molar-refractivity contribution < 1.29 is 14.7 Å². The fraction of sp³-hybridized carbons (Fsp3) is 0.250. The first-order valence-corrected chi connectivity index (χ1v) is 7.35. The van der Waals surface area contributed by atoms with Gasteiger partial charge in [0.25, 0.3) is 5.91 Å². The number of aromatic nitrogens is 2. The van der Waals surface area contributed by atoms with Gasteiger partial charge in [0, 0.05) is 18.7 Å². The van der Waals surface area contributed by atoms with Crippen LogP contribution in [0, 0.1) is 0 Å². The Morgan fingerprint density at radius 1 is 1.09 bits per heavy atom. The van der Waals surface area contributed by atoms with Crippen molar-refractivity contribution in [3.8, 4) is 0 Å².